The molecule has 0 saturated heterocycles. The van der Waals surface area contributed by atoms with Gasteiger partial charge in [-0.2, -0.15) is 13.2 Å². The van der Waals surface area contributed by atoms with Crippen LogP contribution in [0.5, 0.6) is 0 Å². The Labute approximate surface area is 104 Å². The van der Waals surface area contributed by atoms with Gasteiger partial charge in [-0.3, -0.25) is 4.99 Å². The zero-order valence-electron chi connectivity index (χ0n) is 10.2. The monoisotopic (exact) mass is 268 g/mol. The maximum Gasteiger partial charge on any atom is 0.389 e. The first-order chi connectivity index (χ1) is 7.88. The average Bonchev–Trinajstić information content (AvgIpc) is 2.64. The first-order valence-corrected chi connectivity index (χ1v) is 6.78. The molecular weight excluding hydrogens is 249 g/mol. The fourth-order valence-electron chi connectivity index (χ4n) is 1.48. The number of aliphatic imine (C=N–C) groups is 1. The molecule has 1 unspecified atom stereocenters. The number of nitrogens with zero attached hydrogens (tertiary/aromatic N) is 1. The van der Waals surface area contributed by atoms with E-state index in [0.29, 0.717) is 24.1 Å². The highest BCUT2D eigenvalue weighted by Gasteiger charge is 2.26. The minimum Gasteiger partial charge on any atom is -0.365 e. The lowest BCUT2D eigenvalue weighted by atomic mass is 10.1. The third-order valence-electron chi connectivity index (χ3n) is 2.58. The molecule has 1 aliphatic rings. The van der Waals surface area contributed by atoms with Crippen molar-refractivity contribution in [2.24, 2.45) is 10.9 Å². The number of amidine groups is 1. The molecule has 0 aromatic rings. The number of halogens is 3. The quantitative estimate of drug-likeness (QED) is 0.772. The lowest BCUT2D eigenvalue weighted by Gasteiger charge is -2.12. The van der Waals surface area contributed by atoms with Gasteiger partial charge >= 0.3 is 6.18 Å². The summed E-state index contributed by atoms with van der Waals surface area (Å²) in [6, 6.07) is 0. The summed E-state index contributed by atoms with van der Waals surface area (Å²) >= 11 is 1.70. The Kier molecular flexibility index (Phi) is 5.62. The number of thioether (sulfide) groups is 1. The van der Waals surface area contributed by atoms with Gasteiger partial charge in [0, 0.05) is 18.2 Å². The molecule has 6 heteroatoms. The molecule has 0 saturated carbocycles. The van der Waals surface area contributed by atoms with Crippen LogP contribution in [0.1, 0.15) is 33.1 Å². The normalized spacial score (nSPS) is 20.8. The Hall–Kier alpha value is -0.390. The van der Waals surface area contributed by atoms with E-state index < -0.39 is 12.6 Å². The molecule has 2 nitrogen and oxygen atoms in total. The summed E-state index contributed by atoms with van der Waals surface area (Å²) < 4.78 is 35.6. The van der Waals surface area contributed by atoms with Crippen molar-refractivity contribution < 1.29 is 13.2 Å². The second-order valence-corrected chi connectivity index (χ2v) is 5.77. The van der Waals surface area contributed by atoms with Gasteiger partial charge in [-0.05, 0) is 18.8 Å². The first-order valence-electron chi connectivity index (χ1n) is 5.90. The molecule has 100 valence electrons. The molecule has 1 atom stereocenters. The molecule has 0 radical (unpaired) electrons. The SMILES string of the molecule is CC(C)C1CN=C(NCCCCC(F)(F)F)S1. The number of nitrogens with one attached hydrogen (secondary N) is 1. The van der Waals surface area contributed by atoms with E-state index in [0.717, 1.165) is 11.7 Å². The van der Waals surface area contributed by atoms with E-state index in [2.05, 4.69) is 24.2 Å². The van der Waals surface area contributed by atoms with Crippen LogP contribution in [0.2, 0.25) is 0 Å². The van der Waals surface area contributed by atoms with Gasteiger partial charge in [0.15, 0.2) is 5.17 Å². The number of hydrogen-bond donors (Lipinski definition) is 1. The third-order valence-corrected chi connectivity index (χ3v) is 4.08. The molecule has 1 N–H and O–H groups in total. The molecule has 0 aromatic heterocycles. The second kappa shape index (κ2) is 6.52. The van der Waals surface area contributed by atoms with Crippen molar-refractivity contribution in [3.63, 3.8) is 0 Å². The predicted octanol–water partition coefficient (Wildman–Crippen LogP) is 3.44. The Bertz CT molecular complexity index is 264. The third kappa shape index (κ3) is 6.19. The molecule has 1 heterocycles. The summed E-state index contributed by atoms with van der Waals surface area (Å²) in [4.78, 5) is 4.33. The lowest BCUT2D eigenvalue weighted by molar-refractivity contribution is -0.135. The van der Waals surface area contributed by atoms with Gasteiger partial charge < -0.3 is 5.32 Å². The van der Waals surface area contributed by atoms with Crippen LogP contribution in [0.3, 0.4) is 0 Å². The highest BCUT2D eigenvalue weighted by molar-refractivity contribution is 8.14. The summed E-state index contributed by atoms with van der Waals surface area (Å²) in [5.74, 6) is 0.577. The van der Waals surface area contributed by atoms with E-state index in [1.165, 1.54) is 0 Å². The predicted molar refractivity (Wildman–Crippen MR) is 66.4 cm³/mol. The van der Waals surface area contributed by atoms with E-state index in [9.17, 15) is 13.2 Å². The smallest absolute Gasteiger partial charge is 0.365 e. The molecule has 0 amide bonds. The zero-order valence-corrected chi connectivity index (χ0v) is 11.0. The van der Waals surface area contributed by atoms with Gasteiger partial charge in [0.1, 0.15) is 0 Å². The van der Waals surface area contributed by atoms with Crippen molar-refractivity contribution in [2.75, 3.05) is 13.1 Å². The molecule has 0 aromatic carbocycles. The van der Waals surface area contributed by atoms with Crippen LogP contribution in [-0.4, -0.2) is 29.7 Å². The average molecular weight is 268 g/mol. The minimum atomic E-state index is -4.03. The van der Waals surface area contributed by atoms with Gasteiger partial charge in [0.2, 0.25) is 0 Å². The van der Waals surface area contributed by atoms with Crippen LogP contribution in [0.25, 0.3) is 0 Å². The first kappa shape index (κ1) is 14.7. The van der Waals surface area contributed by atoms with Crippen molar-refractivity contribution in [1.29, 1.82) is 0 Å². The Morgan fingerprint density at radius 3 is 2.65 bits per heavy atom. The molecule has 17 heavy (non-hydrogen) atoms. The maximum atomic E-state index is 11.9. The van der Waals surface area contributed by atoms with Crippen LogP contribution in [0.4, 0.5) is 13.2 Å². The summed E-state index contributed by atoms with van der Waals surface area (Å²) in [6.45, 7) is 5.69. The van der Waals surface area contributed by atoms with Gasteiger partial charge in [-0.25, -0.2) is 0 Å². The highest BCUT2D eigenvalue weighted by atomic mass is 32.2. The van der Waals surface area contributed by atoms with Crippen molar-refractivity contribution in [3.8, 4) is 0 Å². The molecule has 0 aliphatic carbocycles. The molecule has 0 spiro atoms. The van der Waals surface area contributed by atoms with E-state index in [4.69, 9.17) is 0 Å². The second-order valence-electron chi connectivity index (χ2n) is 4.55. The van der Waals surface area contributed by atoms with Crippen LogP contribution in [0.15, 0.2) is 4.99 Å². The van der Waals surface area contributed by atoms with Crippen molar-refractivity contribution in [3.05, 3.63) is 0 Å². The van der Waals surface area contributed by atoms with E-state index in [1.54, 1.807) is 11.8 Å². The summed E-state index contributed by atoms with van der Waals surface area (Å²) in [5.41, 5.74) is 0. The van der Waals surface area contributed by atoms with Crippen LogP contribution >= 0.6 is 11.8 Å². The van der Waals surface area contributed by atoms with Crippen molar-refractivity contribution in [2.45, 2.75) is 44.5 Å². The maximum absolute atomic E-state index is 11.9. The standard InChI is InChI=1S/C11H19F3N2S/c1-8(2)9-7-16-10(17-9)15-6-4-3-5-11(12,13)14/h8-9H,3-7H2,1-2H3,(H,15,16). The fraction of sp³-hybridized carbons (Fsp3) is 0.909. The Morgan fingerprint density at radius 1 is 1.41 bits per heavy atom. The van der Waals surface area contributed by atoms with E-state index >= 15 is 0 Å². The van der Waals surface area contributed by atoms with Gasteiger partial charge in [0.25, 0.3) is 0 Å². The zero-order chi connectivity index (χ0) is 12.9. The molecule has 1 aliphatic heterocycles. The van der Waals surface area contributed by atoms with Crippen LogP contribution < -0.4 is 5.32 Å². The number of rotatable bonds is 5. The topological polar surface area (TPSA) is 24.4 Å². The van der Waals surface area contributed by atoms with E-state index in [-0.39, 0.29) is 6.42 Å². The number of hydrogen-bond acceptors (Lipinski definition) is 3. The van der Waals surface area contributed by atoms with Crippen molar-refractivity contribution in [1.82, 2.24) is 5.32 Å². The highest BCUT2D eigenvalue weighted by Crippen LogP contribution is 2.26. The molecule has 1 rings (SSSR count). The van der Waals surface area contributed by atoms with E-state index in [1.807, 2.05) is 0 Å². The molecule has 0 fully saturated rings. The van der Waals surface area contributed by atoms with Crippen LogP contribution in [-0.2, 0) is 0 Å². The fourth-order valence-corrected chi connectivity index (χ4v) is 2.52. The number of unbranched alkanes of at least 4 members (excludes halogenated alkanes) is 1. The largest absolute Gasteiger partial charge is 0.389 e. The van der Waals surface area contributed by atoms with Gasteiger partial charge in [-0.15, -0.1) is 0 Å². The summed E-state index contributed by atoms with van der Waals surface area (Å²) in [5, 5.41) is 4.49. The minimum absolute atomic E-state index is 0.183. The summed E-state index contributed by atoms with van der Waals surface area (Å²) in [7, 11) is 0. The number of alkyl halides is 3. The van der Waals surface area contributed by atoms with Gasteiger partial charge in [0.05, 0.1) is 6.54 Å². The molecule has 0 bridgehead atoms. The Morgan fingerprint density at radius 2 is 2.12 bits per heavy atom. The van der Waals surface area contributed by atoms with Gasteiger partial charge in [-0.1, -0.05) is 25.6 Å². The lowest BCUT2D eigenvalue weighted by Crippen LogP contribution is -2.22. The van der Waals surface area contributed by atoms with Crippen molar-refractivity contribution >= 4 is 16.9 Å². The van der Waals surface area contributed by atoms with Crippen LogP contribution in [0, 0.1) is 5.92 Å². The Balaban J connectivity index is 2.05. The molecular formula is C11H19F3N2S. The summed E-state index contributed by atoms with van der Waals surface area (Å²) in [6.07, 6.45) is -4.00.